The first-order valence-electron chi connectivity index (χ1n) is 11.2. The molecule has 3 atom stereocenters. The molecule has 1 aliphatic heterocycles. The molecule has 1 aliphatic carbocycles. The quantitative estimate of drug-likeness (QED) is 0.433. The van der Waals surface area contributed by atoms with Gasteiger partial charge in [-0.3, -0.25) is 14.7 Å². The predicted octanol–water partition coefficient (Wildman–Crippen LogP) is 2.63. The Kier molecular flexibility index (Phi) is 6.76. The molecular weight excluding hydrogens is 446 g/mol. The molecule has 0 radical (unpaired) electrons. The maximum absolute atomic E-state index is 12.8. The van der Waals surface area contributed by atoms with Gasteiger partial charge in [0.25, 0.3) is 11.8 Å². The Morgan fingerprint density at radius 3 is 2.82 bits per heavy atom. The van der Waals surface area contributed by atoms with Crippen molar-refractivity contribution in [2.24, 2.45) is 10.7 Å². The summed E-state index contributed by atoms with van der Waals surface area (Å²) in [5.41, 5.74) is 6.49. The highest BCUT2D eigenvalue weighted by atomic mass is 19.3. The van der Waals surface area contributed by atoms with Crippen molar-refractivity contribution in [3.63, 3.8) is 0 Å². The molecule has 4 N–H and O–H groups in total. The van der Waals surface area contributed by atoms with Crippen LogP contribution in [0.25, 0.3) is 11.5 Å². The van der Waals surface area contributed by atoms with E-state index in [1.54, 1.807) is 26.1 Å². The third kappa shape index (κ3) is 4.45. The Balaban J connectivity index is 1.59. The molecule has 11 heteroatoms. The smallest absolute Gasteiger partial charge is 0.314 e. The molecule has 0 bridgehead atoms. The number of amides is 1. The van der Waals surface area contributed by atoms with Crippen LogP contribution in [-0.2, 0) is 17.1 Å². The van der Waals surface area contributed by atoms with Crippen molar-refractivity contribution in [2.45, 2.75) is 63.4 Å². The normalized spacial score (nSPS) is 25.8. The number of hydrogen-bond acceptors (Lipinski definition) is 8. The van der Waals surface area contributed by atoms with E-state index < -0.39 is 18.0 Å². The van der Waals surface area contributed by atoms with Crippen LogP contribution in [0.3, 0.4) is 0 Å². The number of aliphatic hydroxyl groups is 1. The summed E-state index contributed by atoms with van der Waals surface area (Å²) in [6.07, 6.45) is 3.28. The van der Waals surface area contributed by atoms with Gasteiger partial charge in [-0.25, -0.2) is 0 Å². The lowest BCUT2D eigenvalue weighted by Crippen LogP contribution is -2.57. The first kappa shape index (κ1) is 24.0. The van der Waals surface area contributed by atoms with Gasteiger partial charge < -0.3 is 20.6 Å². The first-order valence-corrected chi connectivity index (χ1v) is 11.2. The fourth-order valence-corrected chi connectivity index (χ4v) is 4.88. The van der Waals surface area contributed by atoms with Crippen molar-refractivity contribution in [3.8, 4) is 11.5 Å². The van der Waals surface area contributed by atoms with E-state index in [1.165, 1.54) is 12.4 Å². The number of aliphatic imine (C=N–C) groups is 1. The second-order valence-corrected chi connectivity index (χ2v) is 8.71. The van der Waals surface area contributed by atoms with Crippen LogP contribution in [0.5, 0.6) is 0 Å². The number of benzene rings is 1. The van der Waals surface area contributed by atoms with Crippen LogP contribution in [0.15, 0.2) is 39.4 Å². The van der Waals surface area contributed by atoms with Crippen LogP contribution in [0.2, 0.25) is 0 Å². The minimum Gasteiger partial charge on any atom is -0.415 e. The maximum Gasteiger partial charge on any atom is 0.314 e. The number of alkyl halides is 2. The van der Waals surface area contributed by atoms with Gasteiger partial charge in [-0.2, -0.15) is 8.78 Å². The number of carbonyl (C=O) groups excluding carboxylic acids is 1. The zero-order valence-electron chi connectivity index (χ0n) is 19.0. The lowest BCUT2D eigenvalue weighted by Gasteiger charge is -2.43. The highest BCUT2D eigenvalue weighted by Gasteiger charge is 2.46. The van der Waals surface area contributed by atoms with Gasteiger partial charge in [0, 0.05) is 49.2 Å². The molecule has 1 fully saturated rings. The molecule has 0 saturated heterocycles. The van der Waals surface area contributed by atoms with Crippen LogP contribution < -0.4 is 11.1 Å². The third-order valence-electron chi connectivity index (χ3n) is 6.55. The molecule has 34 heavy (non-hydrogen) atoms. The van der Waals surface area contributed by atoms with Gasteiger partial charge in [-0.15, -0.1) is 10.2 Å². The van der Waals surface area contributed by atoms with E-state index in [-0.39, 0.29) is 29.5 Å². The van der Waals surface area contributed by atoms with Crippen LogP contribution in [0, 0.1) is 0 Å². The van der Waals surface area contributed by atoms with Gasteiger partial charge in [0.15, 0.2) is 0 Å². The molecular formula is C23H28F2N6O3. The lowest BCUT2D eigenvalue weighted by molar-refractivity contribution is -0.131. The molecule has 2 aliphatic rings. The number of halogens is 2. The summed E-state index contributed by atoms with van der Waals surface area (Å²) in [4.78, 5) is 18.6. The van der Waals surface area contributed by atoms with Crippen molar-refractivity contribution in [1.82, 2.24) is 20.4 Å². The fourth-order valence-electron chi connectivity index (χ4n) is 4.88. The van der Waals surface area contributed by atoms with E-state index in [1.807, 2.05) is 11.0 Å². The first-order chi connectivity index (χ1) is 16.3. The number of nitrogens with one attached hydrogen (secondary N) is 1. The van der Waals surface area contributed by atoms with Gasteiger partial charge in [-0.05, 0) is 37.5 Å². The summed E-state index contributed by atoms with van der Waals surface area (Å²) in [6, 6.07) is 4.93. The molecule has 2 heterocycles. The number of aromatic nitrogens is 2. The number of nitrogens with zero attached hydrogens (tertiary/aromatic N) is 4. The average Bonchev–Trinajstić information content (AvgIpc) is 3.41. The van der Waals surface area contributed by atoms with Gasteiger partial charge in [0.2, 0.25) is 5.89 Å². The van der Waals surface area contributed by atoms with Crippen molar-refractivity contribution < 1.29 is 23.1 Å². The summed E-state index contributed by atoms with van der Waals surface area (Å²) < 4.78 is 30.8. The molecule has 2 aromatic rings. The van der Waals surface area contributed by atoms with Crippen molar-refractivity contribution in [2.75, 3.05) is 7.05 Å². The second kappa shape index (κ2) is 9.59. The summed E-state index contributed by atoms with van der Waals surface area (Å²) >= 11 is 0. The monoisotopic (exact) mass is 474 g/mol. The minimum atomic E-state index is -2.86. The van der Waals surface area contributed by atoms with Crippen LogP contribution in [0.1, 0.15) is 56.1 Å². The summed E-state index contributed by atoms with van der Waals surface area (Å²) in [6.45, 7) is 2.17. The molecule has 1 saturated carbocycles. The molecule has 182 valence electrons. The Hall–Kier alpha value is -3.18. The topological polar surface area (TPSA) is 130 Å². The lowest BCUT2D eigenvalue weighted by atomic mass is 9.87. The van der Waals surface area contributed by atoms with Gasteiger partial charge in [0.1, 0.15) is 5.72 Å². The zero-order chi connectivity index (χ0) is 24.5. The van der Waals surface area contributed by atoms with Gasteiger partial charge >= 0.3 is 6.43 Å². The van der Waals surface area contributed by atoms with Crippen LogP contribution in [-0.4, -0.2) is 51.5 Å². The molecule has 1 aromatic heterocycles. The number of hydrogen-bond donors (Lipinski definition) is 3. The van der Waals surface area contributed by atoms with E-state index in [0.29, 0.717) is 17.7 Å². The SMILES string of the molecule is CN=CC(=CN)C(=O)N[C@@H]1CCCCC1N1Cc2ccc(-c3nnc(C(F)F)o3)cc2C1(C)O. The van der Waals surface area contributed by atoms with E-state index >= 15 is 0 Å². The Labute approximate surface area is 195 Å². The van der Waals surface area contributed by atoms with Crippen molar-refractivity contribution >= 4 is 12.1 Å². The third-order valence-corrected chi connectivity index (χ3v) is 6.55. The van der Waals surface area contributed by atoms with Gasteiger partial charge in [0.05, 0.1) is 5.57 Å². The fraction of sp³-hybridized carbons (Fsp3) is 0.478. The van der Waals surface area contributed by atoms with E-state index in [2.05, 4.69) is 20.5 Å². The largest absolute Gasteiger partial charge is 0.415 e. The summed E-state index contributed by atoms with van der Waals surface area (Å²) in [5.74, 6) is -1.09. The number of nitrogens with two attached hydrogens (primary N) is 1. The molecule has 4 rings (SSSR count). The van der Waals surface area contributed by atoms with Crippen LogP contribution in [0.4, 0.5) is 8.78 Å². The Morgan fingerprint density at radius 2 is 2.15 bits per heavy atom. The van der Waals surface area contributed by atoms with E-state index in [9.17, 15) is 18.7 Å². The Bertz CT molecular complexity index is 1110. The number of carbonyl (C=O) groups is 1. The maximum atomic E-state index is 12.8. The molecule has 2 unspecified atom stereocenters. The molecule has 9 nitrogen and oxygen atoms in total. The zero-order valence-corrected chi connectivity index (χ0v) is 19.0. The number of rotatable bonds is 6. The molecule has 0 spiro atoms. The molecule has 1 amide bonds. The summed E-state index contributed by atoms with van der Waals surface area (Å²) in [7, 11) is 1.57. The van der Waals surface area contributed by atoms with Gasteiger partial charge in [-0.1, -0.05) is 18.9 Å². The minimum absolute atomic E-state index is 0.0335. The molecule has 1 aromatic carbocycles. The highest BCUT2D eigenvalue weighted by Crippen LogP contribution is 2.43. The van der Waals surface area contributed by atoms with E-state index in [4.69, 9.17) is 10.2 Å². The standard InChI is InChI=1S/C23H28F2N6O3/c1-23(33)16-9-13(21-29-30-22(34-21)19(24)25)7-8-14(16)12-31(23)18-6-4-3-5-17(18)28-20(32)15(10-26)11-27-2/h7-11,17-19,33H,3-6,12,26H2,1-2H3,(H,28,32)/t17-,18?,23?/m1/s1. The van der Waals surface area contributed by atoms with E-state index in [0.717, 1.165) is 31.2 Å². The highest BCUT2D eigenvalue weighted by molar-refractivity contribution is 6.12. The van der Waals surface area contributed by atoms with Crippen LogP contribution >= 0.6 is 0 Å². The average molecular weight is 475 g/mol. The van der Waals surface area contributed by atoms with Crippen molar-refractivity contribution in [1.29, 1.82) is 0 Å². The number of fused-ring (bicyclic) bond motifs is 1. The van der Waals surface area contributed by atoms with Crippen molar-refractivity contribution in [3.05, 3.63) is 47.0 Å². The Morgan fingerprint density at radius 1 is 1.38 bits per heavy atom. The second-order valence-electron chi connectivity index (χ2n) is 8.71. The predicted molar refractivity (Wildman–Crippen MR) is 121 cm³/mol. The summed E-state index contributed by atoms with van der Waals surface area (Å²) in [5, 5.41) is 21.7.